The minimum Gasteiger partial charge on any atom is -0.457 e. The lowest BCUT2D eigenvalue weighted by Gasteiger charge is -2.40. The first-order valence-electron chi connectivity index (χ1n) is 18.3. The summed E-state index contributed by atoms with van der Waals surface area (Å²) < 4.78 is 6.93. The Morgan fingerprint density at radius 3 is 1.68 bits per heavy atom. The maximum absolute atomic E-state index is 6.93. The molecule has 1 aliphatic heterocycles. The van der Waals surface area contributed by atoms with Gasteiger partial charge in [0.05, 0.1) is 16.8 Å². The zero-order valence-corrected chi connectivity index (χ0v) is 29.5. The van der Waals surface area contributed by atoms with E-state index >= 15 is 0 Å². The molecule has 2 heterocycles. The van der Waals surface area contributed by atoms with Crippen LogP contribution >= 0.6 is 0 Å². The molecular weight excluding hydrogens is 645 g/mol. The molecule has 53 heavy (non-hydrogen) atoms. The molecule has 7 aromatic carbocycles. The molecular formula is C50H34N2O. The molecule has 0 N–H and O–H groups in total. The minimum atomic E-state index is -0.512. The average molecular weight is 679 g/mol. The largest absolute Gasteiger partial charge is 0.457 e. The van der Waals surface area contributed by atoms with Crippen molar-refractivity contribution in [3.63, 3.8) is 0 Å². The highest BCUT2D eigenvalue weighted by molar-refractivity contribution is 5.93. The molecule has 0 radical (unpaired) electrons. The van der Waals surface area contributed by atoms with Gasteiger partial charge in [0, 0.05) is 33.2 Å². The fraction of sp³-hybridized carbons (Fsp3) is 0.0800. The highest BCUT2D eigenvalue weighted by atomic mass is 16.5. The zero-order chi connectivity index (χ0) is 35.3. The van der Waals surface area contributed by atoms with Crippen molar-refractivity contribution in [2.24, 2.45) is 0 Å². The summed E-state index contributed by atoms with van der Waals surface area (Å²) in [5.41, 5.74) is 16.7. The van der Waals surface area contributed by atoms with Crippen molar-refractivity contribution < 1.29 is 4.74 Å². The maximum Gasteiger partial charge on any atom is 0.160 e. The van der Waals surface area contributed by atoms with Crippen LogP contribution in [0.2, 0.25) is 0 Å². The lowest BCUT2D eigenvalue weighted by molar-refractivity contribution is 0.436. The van der Waals surface area contributed by atoms with Crippen LogP contribution in [0.25, 0.3) is 56.2 Å². The molecule has 1 aromatic heterocycles. The van der Waals surface area contributed by atoms with Crippen molar-refractivity contribution in [1.82, 2.24) is 9.97 Å². The lowest BCUT2D eigenvalue weighted by atomic mass is 9.65. The van der Waals surface area contributed by atoms with Crippen LogP contribution in [0.15, 0.2) is 170 Å². The fourth-order valence-electron chi connectivity index (χ4n) is 9.50. The van der Waals surface area contributed by atoms with Gasteiger partial charge in [-0.05, 0) is 68.8 Å². The van der Waals surface area contributed by atoms with Crippen LogP contribution in [-0.2, 0) is 10.8 Å². The summed E-state index contributed by atoms with van der Waals surface area (Å²) in [5, 5.41) is 0. The van der Waals surface area contributed by atoms with E-state index in [0.29, 0.717) is 0 Å². The van der Waals surface area contributed by atoms with Gasteiger partial charge >= 0.3 is 0 Å². The summed E-state index contributed by atoms with van der Waals surface area (Å²) in [6.07, 6.45) is 0. The van der Waals surface area contributed by atoms with Gasteiger partial charge in [0.25, 0.3) is 0 Å². The minimum absolute atomic E-state index is 0.336. The van der Waals surface area contributed by atoms with Gasteiger partial charge in [-0.3, -0.25) is 0 Å². The second kappa shape index (κ2) is 11.0. The van der Waals surface area contributed by atoms with Gasteiger partial charge in [-0.15, -0.1) is 0 Å². The predicted molar refractivity (Wildman–Crippen MR) is 213 cm³/mol. The third-order valence-electron chi connectivity index (χ3n) is 11.7. The number of aromatic nitrogens is 2. The molecule has 0 saturated heterocycles. The summed E-state index contributed by atoms with van der Waals surface area (Å²) in [4.78, 5) is 10.4. The number of ether oxygens (including phenoxy) is 1. The number of nitrogens with zero attached hydrogens (tertiary/aromatic N) is 2. The van der Waals surface area contributed by atoms with Crippen LogP contribution in [0, 0.1) is 0 Å². The quantitative estimate of drug-likeness (QED) is 0.187. The monoisotopic (exact) mass is 678 g/mol. The second-order valence-corrected chi connectivity index (χ2v) is 14.9. The van der Waals surface area contributed by atoms with Gasteiger partial charge in [0.1, 0.15) is 11.5 Å². The molecule has 2 aliphatic carbocycles. The maximum atomic E-state index is 6.93. The van der Waals surface area contributed by atoms with E-state index in [1.807, 2.05) is 24.3 Å². The SMILES string of the molecule is CC1(C)c2cc3c(cc2-c2cccc(-c4cc(-c5ccccc5)nc(-c5ccccc5)n4)c21)Oc1ccccc1C31c2ccccc2-c2ccccc21. The number of para-hydroxylation sites is 1. The molecule has 3 aliphatic rings. The van der Waals surface area contributed by atoms with E-state index in [2.05, 4.69) is 159 Å². The van der Waals surface area contributed by atoms with E-state index in [9.17, 15) is 0 Å². The zero-order valence-electron chi connectivity index (χ0n) is 29.5. The summed E-state index contributed by atoms with van der Waals surface area (Å²) in [5.74, 6) is 2.53. The Labute approximate surface area is 309 Å². The molecule has 1 spiro atoms. The van der Waals surface area contributed by atoms with E-state index in [-0.39, 0.29) is 5.41 Å². The number of hydrogen-bond donors (Lipinski definition) is 0. The topological polar surface area (TPSA) is 35.0 Å². The number of benzene rings is 7. The normalized spacial score (nSPS) is 14.7. The Bertz CT molecular complexity index is 2680. The Balaban J connectivity index is 1.16. The van der Waals surface area contributed by atoms with Gasteiger partial charge in [-0.2, -0.15) is 0 Å². The van der Waals surface area contributed by atoms with Gasteiger partial charge in [0.2, 0.25) is 0 Å². The first-order chi connectivity index (χ1) is 26.0. The van der Waals surface area contributed by atoms with Gasteiger partial charge < -0.3 is 4.74 Å². The average Bonchev–Trinajstić information content (AvgIpc) is 3.63. The van der Waals surface area contributed by atoms with E-state index in [1.165, 1.54) is 55.6 Å². The second-order valence-electron chi connectivity index (χ2n) is 14.9. The number of fused-ring (bicyclic) bond motifs is 12. The van der Waals surface area contributed by atoms with Crippen molar-refractivity contribution in [3.05, 3.63) is 203 Å². The number of hydrogen-bond acceptors (Lipinski definition) is 3. The molecule has 3 heteroatoms. The van der Waals surface area contributed by atoms with E-state index in [4.69, 9.17) is 14.7 Å². The highest BCUT2D eigenvalue weighted by Crippen LogP contribution is 2.64. The Kier molecular flexibility index (Phi) is 6.22. The third-order valence-corrected chi connectivity index (χ3v) is 11.7. The van der Waals surface area contributed by atoms with Crippen LogP contribution in [0.3, 0.4) is 0 Å². The van der Waals surface area contributed by atoms with E-state index < -0.39 is 5.41 Å². The predicted octanol–water partition coefficient (Wildman–Crippen LogP) is 12.3. The molecule has 250 valence electrons. The third kappa shape index (κ3) is 4.11. The molecule has 11 rings (SSSR count). The van der Waals surface area contributed by atoms with Crippen LogP contribution in [0.4, 0.5) is 0 Å². The van der Waals surface area contributed by atoms with Crippen molar-refractivity contribution in [2.45, 2.75) is 24.7 Å². The smallest absolute Gasteiger partial charge is 0.160 e. The molecule has 0 atom stereocenters. The Hall–Kier alpha value is -6.58. The summed E-state index contributed by atoms with van der Waals surface area (Å²) >= 11 is 0. The van der Waals surface area contributed by atoms with Crippen LogP contribution in [0.1, 0.15) is 47.2 Å². The first kappa shape index (κ1) is 30.1. The summed E-state index contributed by atoms with van der Waals surface area (Å²) in [6.45, 7) is 4.73. The molecule has 0 fully saturated rings. The summed E-state index contributed by atoms with van der Waals surface area (Å²) in [7, 11) is 0. The van der Waals surface area contributed by atoms with Crippen LogP contribution < -0.4 is 4.74 Å². The van der Waals surface area contributed by atoms with Gasteiger partial charge in [-0.1, -0.05) is 159 Å². The van der Waals surface area contributed by atoms with Crippen molar-refractivity contribution in [2.75, 3.05) is 0 Å². The van der Waals surface area contributed by atoms with E-state index in [1.54, 1.807) is 0 Å². The molecule has 0 unspecified atom stereocenters. The highest BCUT2D eigenvalue weighted by Gasteiger charge is 2.52. The number of rotatable bonds is 3. The fourth-order valence-corrected chi connectivity index (χ4v) is 9.50. The molecule has 0 amide bonds. The molecule has 3 nitrogen and oxygen atoms in total. The molecule has 8 aromatic rings. The Morgan fingerprint density at radius 1 is 0.396 bits per heavy atom. The van der Waals surface area contributed by atoms with E-state index in [0.717, 1.165) is 45.4 Å². The van der Waals surface area contributed by atoms with Crippen molar-refractivity contribution in [3.8, 4) is 67.7 Å². The van der Waals surface area contributed by atoms with Gasteiger partial charge in [0.15, 0.2) is 5.82 Å². The van der Waals surface area contributed by atoms with Crippen LogP contribution in [-0.4, -0.2) is 9.97 Å². The van der Waals surface area contributed by atoms with Crippen molar-refractivity contribution in [1.29, 1.82) is 0 Å². The first-order valence-corrected chi connectivity index (χ1v) is 18.3. The standard InChI is InChI=1S/C50H34N2O/c1-49(2)41-29-42-46(53-45-27-14-13-26-40(45)50(42)38-24-11-9-20-33(38)34-21-10-12-25-39(34)50)28-37(41)35-22-15-23-36(47(35)49)44-30-43(31-16-5-3-6-17-31)51-48(52-44)32-18-7-4-8-19-32/h3-30H,1-2H3. The molecule has 0 saturated carbocycles. The van der Waals surface area contributed by atoms with Crippen LogP contribution in [0.5, 0.6) is 11.5 Å². The molecule has 0 bridgehead atoms. The lowest BCUT2D eigenvalue weighted by Crippen LogP contribution is -2.32. The van der Waals surface area contributed by atoms with Gasteiger partial charge in [-0.25, -0.2) is 9.97 Å². The van der Waals surface area contributed by atoms with Crippen molar-refractivity contribution >= 4 is 0 Å². The summed E-state index contributed by atoms with van der Waals surface area (Å²) in [6, 6.07) is 60.8. The Morgan fingerprint density at radius 2 is 0.962 bits per heavy atom.